The Kier molecular flexibility index (Phi) is 5.88. The van der Waals surface area contributed by atoms with Crippen LogP contribution in [-0.4, -0.2) is 34.4 Å². The molecule has 0 saturated carbocycles. The summed E-state index contributed by atoms with van der Waals surface area (Å²) in [5, 5.41) is 23.0. The van der Waals surface area contributed by atoms with Gasteiger partial charge in [0, 0.05) is 0 Å². The van der Waals surface area contributed by atoms with Crippen molar-refractivity contribution in [3.63, 3.8) is 0 Å². The summed E-state index contributed by atoms with van der Waals surface area (Å²) >= 11 is 17.4. The maximum Gasteiger partial charge on any atom is 0.328 e. The third-order valence-corrected chi connectivity index (χ3v) is 3.33. The van der Waals surface area contributed by atoms with Crippen molar-refractivity contribution in [2.75, 3.05) is 5.32 Å². The largest absolute Gasteiger partial charge is 0.480 e. The van der Waals surface area contributed by atoms with Crippen LogP contribution in [0.5, 0.6) is 0 Å². The summed E-state index contributed by atoms with van der Waals surface area (Å²) in [4.78, 5) is 22.5. The lowest BCUT2D eigenvalue weighted by Crippen LogP contribution is -2.49. The Bertz CT molecular complexity index is 537. The van der Waals surface area contributed by atoms with Gasteiger partial charge in [-0.1, -0.05) is 34.8 Å². The lowest BCUT2D eigenvalue weighted by atomic mass is 10.2. The molecule has 0 spiro atoms. The van der Waals surface area contributed by atoms with Gasteiger partial charge in [-0.15, -0.1) is 0 Å². The minimum absolute atomic E-state index is 0.137. The zero-order valence-electron chi connectivity index (χ0n) is 10.2. The highest BCUT2D eigenvalue weighted by Gasteiger charge is 2.25. The van der Waals surface area contributed by atoms with E-state index in [4.69, 9.17) is 39.9 Å². The van der Waals surface area contributed by atoms with E-state index in [9.17, 15) is 14.7 Å². The summed E-state index contributed by atoms with van der Waals surface area (Å²) in [5.74, 6) is -1.37. The van der Waals surface area contributed by atoms with E-state index in [0.717, 1.165) is 0 Å². The highest BCUT2D eigenvalue weighted by atomic mass is 35.5. The van der Waals surface area contributed by atoms with Crippen LogP contribution in [0.4, 0.5) is 10.5 Å². The SMILES string of the molecule is CC(O)C(NC(=O)Nc1cc(Cl)c(Cl)cc1Cl)C(=O)O. The van der Waals surface area contributed by atoms with Crippen molar-refractivity contribution in [3.05, 3.63) is 27.2 Å². The fourth-order valence-electron chi connectivity index (χ4n) is 1.31. The maximum absolute atomic E-state index is 11.6. The number of rotatable bonds is 4. The number of carboxylic acids is 1. The van der Waals surface area contributed by atoms with Crippen LogP contribution in [0.2, 0.25) is 15.1 Å². The van der Waals surface area contributed by atoms with Gasteiger partial charge in [-0.25, -0.2) is 9.59 Å². The Morgan fingerprint density at radius 3 is 2.20 bits per heavy atom. The second-order valence-corrected chi connectivity index (χ2v) is 5.12. The van der Waals surface area contributed by atoms with Gasteiger partial charge in [-0.3, -0.25) is 0 Å². The number of aliphatic hydroxyl groups is 1. The third kappa shape index (κ3) is 4.42. The number of anilines is 1. The van der Waals surface area contributed by atoms with Crippen LogP contribution >= 0.6 is 34.8 Å². The van der Waals surface area contributed by atoms with E-state index in [1.165, 1.54) is 19.1 Å². The van der Waals surface area contributed by atoms with Gasteiger partial charge < -0.3 is 20.8 Å². The Morgan fingerprint density at radius 1 is 1.15 bits per heavy atom. The van der Waals surface area contributed by atoms with Gasteiger partial charge in [-0.05, 0) is 19.1 Å². The lowest BCUT2D eigenvalue weighted by molar-refractivity contribution is -0.141. The van der Waals surface area contributed by atoms with Crippen molar-refractivity contribution >= 4 is 52.5 Å². The van der Waals surface area contributed by atoms with Crippen LogP contribution in [0.25, 0.3) is 0 Å². The summed E-state index contributed by atoms with van der Waals surface area (Å²) in [6.07, 6.45) is -1.26. The van der Waals surface area contributed by atoms with E-state index in [0.29, 0.717) is 0 Å². The Hall–Kier alpha value is -1.21. The number of hydrogen-bond donors (Lipinski definition) is 4. The van der Waals surface area contributed by atoms with E-state index in [-0.39, 0.29) is 20.8 Å². The van der Waals surface area contributed by atoms with Crippen LogP contribution < -0.4 is 10.6 Å². The predicted molar refractivity (Wildman–Crippen MR) is 76.7 cm³/mol. The van der Waals surface area contributed by atoms with Gasteiger partial charge in [0.15, 0.2) is 6.04 Å². The number of nitrogens with one attached hydrogen (secondary N) is 2. The molecule has 4 N–H and O–H groups in total. The Morgan fingerprint density at radius 2 is 1.70 bits per heavy atom. The molecule has 2 amide bonds. The average Bonchev–Trinajstić information content (AvgIpc) is 2.32. The molecule has 6 nitrogen and oxygen atoms in total. The van der Waals surface area contributed by atoms with E-state index >= 15 is 0 Å². The quantitative estimate of drug-likeness (QED) is 0.633. The topological polar surface area (TPSA) is 98.7 Å². The molecular formula is C11H11Cl3N2O4. The molecule has 1 aromatic carbocycles. The predicted octanol–water partition coefficient (Wildman–Crippen LogP) is 2.60. The first-order valence-corrected chi connectivity index (χ1v) is 6.48. The van der Waals surface area contributed by atoms with Gasteiger partial charge in [0.05, 0.1) is 26.9 Å². The third-order valence-electron chi connectivity index (χ3n) is 2.29. The highest BCUT2D eigenvalue weighted by Crippen LogP contribution is 2.32. The molecule has 0 aliphatic heterocycles. The summed E-state index contributed by atoms with van der Waals surface area (Å²) in [6, 6.07) is 0.365. The van der Waals surface area contributed by atoms with Crippen molar-refractivity contribution < 1.29 is 19.8 Å². The maximum atomic E-state index is 11.6. The summed E-state index contributed by atoms with van der Waals surface area (Å²) in [5.41, 5.74) is 0.160. The van der Waals surface area contributed by atoms with Gasteiger partial charge in [0.2, 0.25) is 0 Å². The number of aliphatic hydroxyl groups excluding tert-OH is 1. The highest BCUT2D eigenvalue weighted by molar-refractivity contribution is 6.44. The molecular weight excluding hydrogens is 330 g/mol. The van der Waals surface area contributed by atoms with Crippen molar-refractivity contribution in [2.24, 2.45) is 0 Å². The molecule has 0 radical (unpaired) electrons. The number of aliphatic carboxylic acids is 1. The van der Waals surface area contributed by atoms with Crippen molar-refractivity contribution in [2.45, 2.75) is 19.1 Å². The second-order valence-electron chi connectivity index (χ2n) is 3.90. The number of halogens is 3. The zero-order valence-corrected chi connectivity index (χ0v) is 12.4. The smallest absolute Gasteiger partial charge is 0.328 e. The molecule has 0 bridgehead atoms. The molecule has 2 unspecified atom stereocenters. The van der Waals surface area contributed by atoms with Gasteiger partial charge in [0.25, 0.3) is 0 Å². The van der Waals surface area contributed by atoms with E-state index in [2.05, 4.69) is 10.6 Å². The fourth-order valence-corrected chi connectivity index (χ4v) is 1.90. The number of carbonyl (C=O) groups excluding carboxylic acids is 1. The van der Waals surface area contributed by atoms with Crippen molar-refractivity contribution in [1.29, 1.82) is 0 Å². The molecule has 0 aliphatic rings. The van der Waals surface area contributed by atoms with Gasteiger partial charge in [0.1, 0.15) is 0 Å². The van der Waals surface area contributed by atoms with Crippen LogP contribution in [0.1, 0.15) is 6.92 Å². The molecule has 2 atom stereocenters. The molecule has 0 aliphatic carbocycles. The van der Waals surface area contributed by atoms with Gasteiger partial charge in [-0.2, -0.15) is 0 Å². The van der Waals surface area contributed by atoms with Crippen molar-refractivity contribution in [1.82, 2.24) is 5.32 Å². The summed E-state index contributed by atoms with van der Waals surface area (Å²) < 4.78 is 0. The molecule has 20 heavy (non-hydrogen) atoms. The minimum atomic E-state index is -1.45. The summed E-state index contributed by atoms with van der Waals surface area (Å²) in [7, 11) is 0. The molecule has 110 valence electrons. The Labute approximate surface area is 129 Å². The molecule has 0 saturated heterocycles. The second kappa shape index (κ2) is 6.99. The number of amides is 2. The number of urea groups is 1. The minimum Gasteiger partial charge on any atom is -0.480 e. The monoisotopic (exact) mass is 340 g/mol. The van der Waals surface area contributed by atoms with Crippen LogP contribution in [0.3, 0.4) is 0 Å². The Balaban J connectivity index is 2.81. The molecule has 1 rings (SSSR count). The number of hydrogen-bond acceptors (Lipinski definition) is 3. The van der Waals surface area contributed by atoms with E-state index in [1.54, 1.807) is 0 Å². The first kappa shape index (κ1) is 16.8. The molecule has 0 fully saturated rings. The number of carboxylic acid groups (broad SMARTS) is 1. The van der Waals surface area contributed by atoms with Crippen LogP contribution in [0, 0.1) is 0 Å². The molecule has 0 aromatic heterocycles. The lowest BCUT2D eigenvalue weighted by Gasteiger charge is -2.18. The average molecular weight is 342 g/mol. The number of benzene rings is 1. The van der Waals surface area contributed by atoms with Crippen molar-refractivity contribution in [3.8, 4) is 0 Å². The van der Waals surface area contributed by atoms with E-state index < -0.39 is 24.1 Å². The first-order chi connectivity index (χ1) is 9.22. The molecule has 9 heteroatoms. The molecule has 1 aromatic rings. The van der Waals surface area contributed by atoms with E-state index in [1.807, 2.05) is 0 Å². The van der Waals surface area contributed by atoms with Crippen LogP contribution in [-0.2, 0) is 4.79 Å². The standard InChI is InChI=1S/C11H11Cl3N2O4/c1-4(17)9(10(18)19)16-11(20)15-8-3-6(13)5(12)2-7(8)14/h2-4,9,17H,1H3,(H,18,19)(H2,15,16,20). The fraction of sp³-hybridized carbons (Fsp3) is 0.273. The molecule has 0 heterocycles. The summed E-state index contributed by atoms with van der Waals surface area (Å²) in [6.45, 7) is 1.24. The zero-order chi connectivity index (χ0) is 15.4. The first-order valence-electron chi connectivity index (χ1n) is 5.35. The van der Waals surface area contributed by atoms with Gasteiger partial charge >= 0.3 is 12.0 Å². The number of carbonyl (C=O) groups is 2. The van der Waals surface area contributed by atoms with Crippen LogP contribution in [0.15, 0.2) is 12.1 Å². The normalized spacial score (nSPS) is 13.4.